The highest BCUT2D eigenvalue weighted by Crippen LogP contribution is 2.36. The van der Waals surface area contributed by atoms with Gasteiger partial charge in [0.1, 0.15) is 12.4 Å². The zero-order valence-corrected chi connectivity index (χ0v) is 13.1. The van der Waals surface area contributed by atoms with Crippen molar-refractivity contribution >= 4 is 17.0 Å². The molecule has 7 nitrogen and oxygen atoms in total. The second-order valence-corrected chi connectivity index (χ2v) is 5.71. The van der Waals surface area contributed by atoms with Crippen LogP contribution in [-0.4, -0.2) is 32.5 Å². The van der Waals surface area contributed by atoms with E-state index in [1.54, 1.807) is 29.7 Å². The summed E-state index contributed by atoms with van der Waals surface area (Å²) in [6.45, 7) is 1.37. The maximum atomic E-state index is 13.0. The third-order valence-corrected chi connectivity index (χ3v) is 3.90. The standard InChI is InChI=1S/C17H17N3O4/c1-10(18-17(23)24)15-19-13-6-2-4-11(5-3-9-21)14(13)16(22)20(15)12-7-8-12/h2,4,6,10,12,18,21H,7-9H2,1H3,(H,23,24). The number of nitrogens with one attached hydrogen (secondary N) is 1. The molecule has 1 saturated carbocycles. The maximum Gasteiger partial charge on any atom is 0.405 e. The van der Waals surface area contributed by atoms with Gasteiger partial charge < -0.3 is 15.5 Å². The van der Waals surface area contributed by atoms with Crippen molar-refractivity contribution in [2.75, 3.05) is 6.61 Å². The number of hydrogen-bond acceptors (Lipinski definition) is 4. The van der Waals surface area contributed by atoms with Gasteiger partial charge in [0.05, 0.1) is 16.9 Å². The first-order valence-corrected chi connectivity index (χ1v) is 7.67. The Morgan fingerprint density at radius 2 is 2.25 bits per heavy atom. The number of fused-ring (bicyclic) bond motifs is 1. The van der Waals surface area contributed by atoms with Crippen molar-refractivity contribution in [2.45, 2.75) is 31.8 Å². The number of benzene rings is 1. The van der Waals surface area contributed by atoms with Gasteiger partial charge >= 0.3 is 6.09 Å². The molecule has 24 heavy (non-hydrogen) atoms. The number of aliphatic hydroxyl groups is 1. The van der Waals surface area contributed by atoms with Crippen molar-refractivity contribution < 1.29 is 15.0 Å². The number of amides is 1. The van der Waals surface area contributed by atoms with Crippen LogP contribution < -0.4 is 10.9 Å². The Balaban J connectivity index is 2.26. The van der Waals surface area contributed by atoms with Gasteiger partial charge in [0, 0.05) is 11.6 Å². The van der Waals surface area contributed by atoms with Gasteiger partial charge in [-0.15, -0.1) is 0 Å². The second kappa shape index (κ2) is 6.34. The molecule has 1 unspecified atom stereocenters. The van der Waals surface area contributed by atoms with E-state index in [2.05, 4.69) is 22.1 Å². The van der Waals surface area contributed by atoms with Crippen molar-refractivity contribution in [1.29, 1.82) is 0 Å². The Bertz CT molecular complexity index is 919. The number of aliphatic hydroxyl groups excluding tert-OH is 1. The predicted octanol–water partition coefficient (Wildman–Crippen LogP) is 1.40. The fourth-order valence-corrected chi connectivity index (χ4v) is 2.74. The Morgan fingerprint density at radius 3 is 2.88 bits per heavy atom. The van der Waals surface area contributed by atoms with Crippen LogP contribution in [0.4, 0.5) is 4.79 Å². The molecule has 0 radical (unpaired) electrons. The minimum Gasteiger partial charge on any atom is -0.465 e. The molecule has 0 aliphatic heterocycles. The molecule has 0 spiro atoms. The van der Waals surface area contributed by atoms with Gasteiger partial charge in [0.2, 0.25) is 0 Å². The van der Waals surface area contributed by atoms with E-state index in [1.165, 1.54) is 0 Å². The minimum absolute atomic E-state index is 0.0429. The van der Waals surface area contributed by atoms with E-state index < -0.39 is 12.1 Å². The lowest BCUT2D eigenvalue weighted by Crippen LogP contribution is -2.33. The Morgan fingerprint density at radius 1 is 1.50 bits per heavy atom. The minimum atomic E-state index is -1.17. The number of rotatable bonds is 3. The molecule has 124 valence electrons. The summed E-state index contributed by atoms with van der Waals surface area (Å²) in [7, 11) is 0. The summed E-state index contributed by atoms with van der Waals surface area (Å²) < 4.78 is 1.58. The van der Waals surface area contributed by atoms with Crippen molar-refractivity contribution in [3.05, 3.63) is 39.9 Å². The van der Waals surface area contributed by atoms with E-state index in [0.29, 0.717) is 22.3 Å². The lowest BCUT2D eigenvalue weighted by atomic mass is 10.1. The van der Waals surface area contributed by atoms with Gasteiger partial charge in [-0.05, 0) is 31.9 Å². The van der Waals surface area contributed by atoms with Crippen LogP contribution in [0.1, 0.15) is 43.2 Å². The molecule has 1 aliphatic rings. The zero-order valence-electron chi connectivity index (χ0n) is 13.1. The number of nitrogens with zero attached hydrogens (tertiary/aromatic N) is 2. The average Bonchev–Trinajstić information content (AvgIpc) is 3.36. The molecule has 1 heterocycles. The quantitative estimate of drug-likeness (QED) is 0.739. The molecule has 0 saturated heterocycles. The van der Waals surface area contributed by atoms with E-state index in [4.69, 9.17) is 10.2 Å². The molecule has 1 fully saturated rings. The van der Waals surface area contributed by atoms with Crippen molar-refractivity contribution in [1.82, 2.24) is 14.9 Å². The summed E-state index contributed by atoms with van der Waals surface area (Å²) in [4.78, 5) is 28.5. The SMILES string of the molecule is CC(NC(=O)O)c1nc2cccc(C#CCO)c2c(=O)n1C1CC1. The van der Waals surface area contributed by atoms with Gasteiger partial charge in [-0.3, -0.25) is 9.36 Å². The first-order chi connectivity index (χ1) is 11.5. The summed E-state index contributed by atoms with van der Waals surface area (Å²) in [6.07, 6.45) is 0.566. The first-order valence-electron chi connectivity index (χ1n) is 7.67. The number of hydrogen-bond donors (Lipinski definition) is 3. The highest BCUT2D eigenvalue weighted by molar-refractivity contribution is 5.84. The fraction of sp³-hybridized carbons (Fsp3) is 0.353. The largest absolute Gasteiger partial charge is 0.465 e. The number of carboxylic acid groups (broad SMARTS) is 1. The monoisotopic (exact) mass is 327 g/mol. The molecule has 1 aliphatic carbocycles. The average molecular weight is 327 g/mol. The lowest BCUT2D eigenvalue weighted by molar-refractivity contribution is 0.190. The van der Waals surface area contributed by atoms with Gasteiger partial charge in [-0.25, -0.2) is 9.78 Å². The summed E-state index contributed by atoms with van der Waals surface area (Å²) in [5.74, 6) is 5.74. The second-order valence-electron chi connectivity index (χ2n) is 5.71. The topological polar surface area (TPSA) is 104 Å². The molecule has 7 heteroatoms. The van der Waals surface area contributed by atoms with Crippen LogP contribution >= 0.6 is 0 Å². The van der Waals surface area contributed by atoms with E-state index in [-0.39, 0.29) is 18.2 Å². The van der Waals surface area contributed by atoms with Crippen LogP contribution in [0.15, 0.2) is 23.0 Å². The lowest BCUT2D eigenvalue weighted by Gasteiger charge is -2.18. The van der Waals surface area contributed by atoms with E-state index >= 15 is 0 Å². The van der Waals surface area contributed by atoms with Crippen LogP contribution in [0.3, 0.4) is 0 Å². The van der Waals surface area contributed by atoms with Crippen LogP contribution in [0, 0.1) is 11.8 Å². The third kappa shape index (κ3) is 2.96. The Labute approximate surface area is 138 Å². The predicted molar refractivity (Wildman–Crippen MR) is 87.8 cm³/mol. The molecule has 0 bridgehead atoms. The number of carbonyl (C=O) groups is 1. The summed E-state index contributed by atoms with van der Waals surface area (Å²) in [5, 5.41) is 20.6. The van der Waals surface area contributed by atoms with Crippen molar-refractivity contribution in [2.24, 2.45) is 0 Å². The van der Waals surface area contributed by atoms with Crippen LogP contribution in [0.2, 0.25) is 0 Å². The van der Waals surface area contributed by atoms with Gasteiger partial charge in [-0.2, -0.15) is 0 Å². The van der Waals surface area contributed by atoms with Gasteiger partial charge in [0.25, 0.3) is 5.56 Å². The summed E-state index contributed by atoms with van der Waals surface area (Å²) in [5.41, 5.74) is 0.758. The maximum absolute atomic E-state index is 13.0. The fourth-order valence-electron chi connectivity index (χ4n) is 2.74. The van der Waals surface area contributed by atoms with Crippen LogP contribution in [-0.2, 0) is 0 Å². The van der Waals surface area contributed by atoms with Crippen molar-refractivity contribution in [3.63, 3.8) is 0 Å². The van der Waals surface area contributed by atoms with E-state index in [9.17, 15) is 9.59 Å². The van der Waals surface area contributed by atoms with E-state index in [1.807, 2.05) is 0 Å². The van der Waals surface area contributed by atoms with E-state index in [0.717, 1.165) is 12.8 Å². The molecular formula is C17H17N3O4. The van der Waals surface area contributed by atoms with Gasteiger partial charge in [0.15, 0.2) is 0 Å². The number of aromatic nitrogens is 2. The zero-order chi connectivity index (χ0) is 17.3. The molecule has 1 aromatic heterocycles. The molecule has 2 aromatic rings. The summed E-state index contributed by atoms with van der Waals surface area (Å²) in [6, 6.07) is 4.59. The highest BCUT2D eigenvalue weighted by atomic mass is 16.4. The molecular weight excluding hydrogens is 310 g/mol. The van der Waals surface area contributed by atoms with Gasteiger partial charge in [-0.1, -0.05) is 17.9 Å². The summed E-state index contributed by atoms with van der Waals surface area (Å²) >= 11 is 0. The highest BCUT2D eigenvalue weighted by Gasteiger charge is 2.30. The first kappa shape index (κ1) is 16.0. The van der Waals surface area contributed by atoms with Crippen molar-refractivity contribution in [3.8, 4) is 11.8 Å². The Hall–Kier alpha value is -2.85. The smallest absolute Gasteiger partial charge is 0.405 e. The molecule has 3 rings (SSSR count). The molecule has 1 amide bonds. The third-order valence-electron chi connectivity index (χ3n) is 3.90. The van der Waals surface area contributed by atoms with Crippen LogP contribution in [0.5, 0.6) is 0 Å². The normalized spacial score (nSPS) is 14.8. The van der Waals surface area contributed by atoms with Crippen LogP contribution in [0.25, 0.3) is 10.9 Å². The molecule has 3 N–H and O–H groups in total. The molecule has 1 aromatic carbocycles. The molecule has 1 atom stereocenters. The Kier molecular flexibility index (Phi) is 4.23.